The van der Waals surface area contributed by atoms with Crippen molar-refractivity contribution in [1.82, 2.24) is 4.31 Å². The highest BCUT2D eigenvalue weighted by molar-refractivity contribution is 7.76. The van der Waals surface area contributed by atoms with Gasteiger partial charge in [-0.3, -0.25) is 4.21 Å². The Bertz CT molecular complexity index is 86.6. The zero-order chi connectivity index (χ0) is 6.57. The van der Waals surface area contributed by atoms with E-state index in [1.807, 2.05) is 0 Å². The lowest BCUT2D eigenvalue weighted by Gasteiger charge is -2.16. The molecule has 0 heterocycles. The molecule has 50 valence electrons. The van der Waals surface area contributed by atoms with Crippen molar-refractivity contribution in [3.05, 3.63) is 0 Å². The molecule has 0 aromatic rings. The molecule has 0 aliphatic rings. The standard InChI is InChI=1S/C3H9NO3S/c1-4(2-3-5)8(6)7/h5H,2-3H2,1H3,(H,6,7)/p-1. The number of aliphatic hydroxyl groups excluding tert-OH is 1. The first-order valence-electron chi connectivity index (χ1n) is 2.10. The summed E-state index contributed by atoms with van der Waals surface area (Å²) in [5.41, 5.74) is 0. The highest BCUT2D eigenvalue weighted by Gasteiger charge is 1.92. The van der Waals surface area contributed by atoms with Gasteiger partial charge in [0.2, 0.25) is 0 Å². The van der Waals surface area contributed by atoms with E-state index in [0.29, 0.717) is 0 Å². The Kier molecular flexibility index (Phi) is 3.98. The molecule has 5 heteroatoms. The van der Waals surface area contributed by atoms with Crippen molar-refractivity contribution >= 4 is 11.3 Å². The molecule has 0 bridgehead atoms. The lowest BCUT2D eigenvalue weighted by molar-refractivity contribution is 0.264. The Morgan fingerprint density at radius 3 is 2.50 bits per heavy atom. The molecule has 0 rings (SSSR count). The number of rotatable bonds is 3. The molecular formula is C3H8NO3S-. The number of likely N-dealkylation sites (N-methyl/N-ethyl adjacent to an activating group) is 1. The van der Waals surface area contributed by atoms with Crippen LogP contribution >= 0.6 is 0 Å². The van der Waals surface area contributed by atoms with E-state index in [0.717, 1.165) is 4.31 Å². The molecule has 8 heavy (non-hydrogen) atoms. The SMILES string of the molecule is CN(CCO)S(=O)[O-]. The first kappa shape index (κ1) is 8.03. The van der Waals surface area contributed by atoms with Gasteiger partial charge < -0.3 is 9.66 Å². The quantitative estimate of drug-likeness (QED) is 0.493. The van der Waals surface area contributed by atoms with Gasteiger partial charge in [-0.2, -0.15) is 0 Å². The second-order valence-corrected chi connectivity index (χ2v) is 2.35. The minimum absolute atomic E-state index is 0.134. The van der Waals surface area contributed by atoms with Crippen LogP contribution in [0.25, 0.3) is 0 Å². The Morgan fingerprint density at radius 1 is 1.88 bits per heavy atom. The van der Waals surface area contributed by atoms with Crippen LogP contribution in [-0.2, 0) is 11.3 Å². The molecule has 0 saturated heterocycles. The summed E-state index contributed by atoms with van der Waals surface area (Å²) >= 11 is -2.19. The fraction of sp³-hybridized carbons (Fsp3) is 1.00. The second-order valence-electron chi connectivity index (χ2n) is 1.29. The second kappa shape index (κ2) is 3.96. The molecule has 0 aromatic heterocycles. The van der Waals surface area contributed by atoms with Crippen LogP contribution in [0.15, 0.2) is 0 Å². The summed E-state index contributed by atoms with van der Waals surface area (Å²) in [5, 5.41) is 8.17. The van der Waals surface area contributed by atoms with Gasteiger partial charge in [-0.05, 0) is 7.05 Å². The van der Waals surface area contributed by atoms with Gasteiger partial charge in [-0.15, -0.1) is 0 Å². The largest absolute Gasteiger partial charge is 0.760 e. The Morgan fingerprint density at radius 2 is 2.38 bits per heavy atom. The summed E-state index contributed by atoms with van der Waals surface area (Å²) < 4.78 is 20.8. The third-order valence-corrected chi connectivity index (χ3v) is 1.36. The summed E-state index contributed by atoms with van der Waals surface area (Å²) in [6.07, 6.45) is 0. The summed E-state index contributed by atoms with van der Waals surface area (Å²) in [5.74, 6) is 0. The molecule has 4 nitrogen and oxygen atoms in total. The van der Waals surface area contributed by atoms with Crippen LogP contribution in [0.2, 0.25) is 0 Å². The monoisotopic (exact) mass is 138 g/mol. The minimum atomic E-state index is -2.19. The number of hydrogen-bond donors (Lipinski definition) is 1. The highest BCUT2D eigenvalue weighted by atomic mass is 32.2. The molecule has 0 aliphatic carbocycles. The minimum Gasteiger partial charge on any atom is -0.760 e. The van der Waals surface area contributed by atoms with Crippen LogP contribution in [0.5, 0.6) is 0 Å². The van der Waals surface area contributed by atoms with Crippen molar-refractivity contribution in [1.29, 1.82) is 0 Å². The van der Waals surface area contributed by atoms with E-state index in [2.05, 4.69) is 0 Å². The summed E-state index contributed by atoms with van der Waals surface area (Å²) in [7, 11) is 1.39. The van der Waals surface area contributed by atoms with E-state index in [4.69, 9.17) is 5.11 Å². The van der Waals surface area contributed by atoms with Crippen LogP contribution in [0.4, 0.5) is 0 Å². The molecule has 0 radical (unpaired) electrons. The van der Waals surface area contributed by atoms with Crippen LogP contribution < -0.4 is 0 Å². The zero-order valence-corrected chi connectivity index (χ0v) is 5.35. The average molecular weight is 138 g/mol. The van der Waals surface area contributed by atoms with E-state index < -0.39 is 11.3 Å². The molecular weight excluding hydrogens is 130 g/mol. The molecule has 0 saturated carbocycles. The lowest BCUT2D eigenvalue weighted by Crippen LogP contribution is -2.23. The number of nitrogens with zero attached hydrogens (tertiary/aromatic N) is 1. The summed E-state index contributed by atoms with van der Waals surface area (Å²) in [6.45, 7) is 0.0284. The van der Waals surface area contributed by atoms with Crippen molar-refractivity contribution in [2.45, 2.75) is 0 Å². The fourth-order valence-corrected chi connectivity index (χ4v) is 0.446. The molecule has 0 amide bonds. The van der Waals surface area contributed by atoms with E-state index in [9.17, 15) is 8.76 Å². The zero-order valence-electron chi connectivity index (χ0n) is 4.53. The molecule has 0 fully saturated rings. The lowest BCUT2D eigenvalue weighted by atomic mass is 10.7. The van der Waals surface area contributed by atoms with Gasteiger partial charge in [-0.25, -0.2) is 4.31 Å². The first-order chi connectivity index (χ1) is 3.68. The van der Waals surface area contributed by atoms with Crippen LogP contribution in [-0.4, -0.2) is 38.4 Å². The third kappa shape index (κ3) is 3.09. The van der Waals surface area contributed by atoms with E-state index >= 15 is 0 Å². The average Bonchev–Trinajstić information content (AvgIpc) is 1.67. The van der Waals surface area contributed by atoms with Gasteiger partial charge in [0.25, 0.3) is 0 Å². The first-order valence-corrected chi connectivity index (χ1v) is 3.13. The van der Waals surface area contributed by atoms with Crippen molar-refractivity contribution in [3.8, 4) is 0 Å². The normalized spacial score (nSPS) is 14.5. The van der Waals surface area contributed by atoms with Gasteiger partial charge in [-0.1, -0.05) is 0 Å². The van der Waals surface area contributed by atoms with Crippen LogP contribution in [0.3, 0.4) is 0 Å². The van der Waals surface area contributed by atoms with E-state index in [-0.39, 0.29) is 13.2 Å². The molecule has 0 aromatic carbocycles. The third-order valence-electron chi connectivity index (χ3n) is 0.669. The van der Waals surface area contributed by atoms with Gasteiger partial charge in [0.05, 0.1) is 6.61 Å². The molecule has 0 spiro atoms. The van der Waals surface area contributed by atoms with Crippen molar-refractivity contribution in [2.24, 2.45) is 0 Å². The predicted molar refractivity (Wildman–Crippen MR) is 28.6 cm³/mol. The fourth-order valence-electron chi connectivity index (χ4n) is 0.215. The van der Waals surface area contributed by atoms with E-state index in [1.54, 1.807) is 0 Å². The van der Waals surface area contributed by atoms with Crippen molar-refractivity contribution < 1.29 is 13.9 Å². The number of hydrogen-bond acceptors (Lipinski definition) is 3. The maximum Gasteiger partial charge on any atom is 0.0568 e. The van der Waals surface area contributed by atoms with E-state index in [1.165, 1.54) is 7.05 Å². The Hall–Kier alpha value is 0.0300. The highest BCUT2D eigenvalue weighted by Crippen LogP contribution is 1.81. The summed E-state index contributed by atoms with van der Waals surface area (Å²) in [6, 6.07) is 0. The number of aliphatic hydroxyl groups is 1. The smallest absolute Gasteiger partial charge is 0.0568 e. The maximum absolute atomic E-state index is 9.90. The molecule has 0 aliphatic heterocycles. The maximum atomic E-state index is 9.90. The van der Waals surface area contributed by atoms with Gasteiger partial charge in [0.15, 0.2) is 0 Å². The topological polar surface area (TPSA) is 63.6 Å². The van der Waals surface area contributed by atoms with Gasteiger partial charge in [0, 0.05) is 17.8 Å². The van der Waals surface area contributed by atoms with Gasteiger partial charge >= 0.3 is 0 Å². The molecule has 1 unspecified atom stereocenters. The van der Waals surface area contributed by atoms with Crippen LogP contribution in [0.1, 0.15) is 0 Å². The van der Waals surface area contributed by atoms with Crippen LogP contribution in [0, 0.1) is 0 Å². The Balaban J connectivity index is 3.32. The molecule has 1 atom stereocenters. The summed E-state index contributed by atoms with van der Waals surface area (Å²) in [4.78, 5) is 0. The Labute approximate surface area is 50.5 Å². The van der Waals surface area contributed by atoms with Crippen molar-refractivity contribution in [3.63, 3.8) is 0 Å². The predicted octanol–water partition coefficient (Wildman–Crippen LogP) is -1.30. The molecule has 1 N–H and O–H groups in total. The van der Waals surface area contributed by atoms with Crippen molar-refractivity contribution in [2.75, 3.05) is 20.2 Å². The van der Waals surface area contributed by atoms with Gasteiger partial charge in [0.1, 0.15) is 0 Å².